The number of hydrogen-bond donors (Lipinski definition) is 0. The van der Waals surface area contributed by atoms with Gasteiger partial charge < -0.3 is 0 Å². The zero-order valence-electron chi connectivity index (χ0n) is 15.5. The summed E-state index contributed by atoms with van der Waals surface area (Å²) in [6.07, 6.45) is 0. The molecule has 2 aliphatic rings. The van der Waals surface area contributed by atoms with Gasteiger partial charge in [-0.1, -0.05) is 29.8 Å². The zero-order chi connectivity index (χ0) is 19.9. The van der Waals surface area contributed by atoms with Crippen LogP contribution in [-0.4, -0.2) is 67.2 Å². The highest BCUT2D eigenvalue weighted by Crippen LogP contribution is 2.23. The average Bonchev–Trinajstić information content (AvgIpc) is 2.94. The number of carbonyl (C=O) groups excluding carboxylic acids is 2. The Labute approximate surface area is 164 Å². The maximum Gasteiger partial charge on any atom is 0.262 e. The number of piperazine rings is 1. The van der Waals surface area contributed by atoms with E-state index in [-0.39, 0.29) is 23.4 Å². The number of sulfonamides is 1. The van der Waals surface area contributed by atoms with Gasteiger partial charge in [-0.25, -0.2) is 8.42 Å². The van der Waals surface area contributed by atoms with Crippen molar-refractivity contribution in [2.24, 2.45) is 0 Å². The fourth-order valence-corrected chi connectivity index (χ4v) is 4.96. The second kappa shape index (κ2) is 7.12. The summed E-state index contributed by atoms with van der Waals surface area (Å²) in [5.74, 6) is -0.592. The van der Waals surface area contributed by atoms with E-state index in [1.54, 1.807) is 48.5 Å². The highest BCUT2D eigenvalue weighted by Gasteiger charge is 2.37. The number of benzene rings is 2. The van der Waals surface area contributed by atoms with Crippen molar-refractivity contribution < 1.29 is 18.0 Å². The molecule has 146 valence electrons. The second-order valence-corrected chi connectivity index (χ2v) is 9.00. The molecule has 0 spiro atoms. The first kappa shape index (κ1) is 18.8. The lowest BCUT2D eigenvalue weighted by molar-refractivity contribution is 0.0500. The lowest BCUT2D eigenvalue weighted by atomic mass is 10.1. The van der Waals surface area contributed by atoms with Crippen molar-refractivity contribution in [3.8, 4) is 0 Å². The first-order valence-corrected chi connectivity index (χ1v) is 10.6. The minimum absolute atomic E-state index is 0.171. The van der Waals surface area contributed by atoms with Crippen molar-refractivity contribution in [2.45, 2.75) is 11.8 Å². The van der Waals surface area contributed by atoms with Crippen LogP contribution in [0.15, 0.2) is 53.4 Å². The van der Waals surface area contributed by atoms with Crippen molar-refractivity contribution in [3.63, 3.8) is 0 Å². The SMILES string of the molecule is Cc1ccc(S(=O)(=O)N2CCN(CN3C(=O)c4ccccc4C3=O)CC2)cc1. The van der Waals surface area contributed by atoms with E-state index >= 15 is 0 Å². The maximum absolute atomic E-state index is 12.8. The van der Waals surface area contributed by atoms with Crippen LogP contribution in [0.3, 0.4) is 0 Å². The van der Waals surface area contributed by atoms with Gasteiger partial charge in [-0.05, 0) is 31.2 Å². The summed E-state index contributed by atoms with van der Waals surface area (Å²) in [6.45, 7) is 3.63. The van der Waals surface area contributed by atoms with E-state index in [0.29, 0.717) is 37.3 Å². The minimum atomic E-state index is -3.54. The molecule has 4 rings (SSSR count). The molecule has 0 atom stereocenters. The Kier molecular flexibility index (Phi) is 4.78. The van der Waals surface area contributed by atoms with Crippen molar-refractivity contribution in [1.82, 2.24) is 14.1 Å². The monoisotopic (exact) mass is 399 g/mol. The molecule has 2 amide bonds. The molecule has 0 bridgehead atoms. The fourth-order valence-electron chi connectivity index (χ4n) is 3.54. The first-order chi connectivity index (χ1) is 13.4. The summed E-state index contributed by atoms with van der Waals surface area (Å²) in [6, 6.07) is 13.6. The number of hydrogen-bond acceptors (Lipinski definition) is 5. The Morgan fingerprint density at radius 1 is 0.821 bits per heavy atom. The molecule has 0 radical (unpaired) electrons. The molecule has 2 aromatic rings. The summed E-state index contributed by atoms with van der Waals surface area (Å²) in [7, 11) is -3.54. The van der Waals surface area contributed by atoms with Crippen LogP contribution in [0, 0.1) is 6.92 Å². The van der Waals surface area contributed by atoms with Crippen LogP contribution in [0.4, 0.5) is 0 Å². The van der Waals surface area contributed by atoms with Gasteiger partial charge in [0, 0.05) is 26.2 Å². The fraction of sp³-hybridized carbons (Fsp3) is 0.300. The number of imide groups is 1. The molecular formula is C20H21N3O4S. The third-order valence-corrected chi connectivity index (χ3v) is 7.12. The predicted octanol–water partition coefficient (Wildman–Crippen LogP) is 1.56. The van der Waals surface area contributed by atoms with E-state index < -0.39 is 10.0 Å². The molecule has 0 aromatic heterocycles. The Bertz CT molecular complexity index is 991. The third-order valence-electron chi connectivity index (χ3n) is 5.21. The third kappa shape index (κ3) is 3.23. The van der Waals surface area contributed by atoms with Crippen molar-refractivity contribution >= 4 is 21.8 Å². The standard InChI is InChI=1S/C20H21N3O4S/c1-15-6-8-16(9-7-15)28(26,27)22-12-10-21(11-13-22)14-23-19(24)17-4-2-3-5-18(17)20(23)25/h2-9H,10-14H2,1H3. The van der Waals surface area contributed by atoms with Gasteiger partial charge in [0.1, 0.15) is 0 Å². The largest absolute Gasteiger partial charge is 0.283 e. The number of fused-ring (bicyclic) bond motifs is 1. The number of nitrogens with zero attached hydrogens (tertiary/aromatic N) is 3. The topological polar surface area (TPSA) is 78.0 Å². The van der Waals surface area contributed by atoms with Gasteiger partial charge in [0.05, 0.1) is 22.7 Å². The Balaban J connectivity index is 1.41. The summed E-state index contributed by atoms with van der Waals surface area (Å²) in [5, 5.41) is 0. The van der Waals surface area contributed by atoms with Gasteiger partial charge in [0.2, 0.25) is 10.0 Å². The molecule has 0 unspecified atom stereocenters. The molecule has 7 nitrogen and oxygen atoms in total. The molecule has 8 heteroatoms. The molecule has 1 fully saturated rings. The Morgan fingerprint density at radius 3 is 1.89 bits per heavy atom. The average molecular weight is 399 g/mol. The van der Waals surface area contributed by atoms with Gasteiger partial charge in [0.25, 0.3) is 11.8 Å². The second-order valence-electron chi connectivity index (χ2n) is 7.06. The number of rotatable bonds is 4. The Hall–Kier alpha value is -2.55. The molecule has 2 aliphatic heterocycles. The number of amides is 2. The Morgan fingerprint density at radius 2 is 1.36 bits per heavy atom. The first-order valence-electron chi connectivity index (χ1n) is 9.12. The van der Waals surface area contributed by atoms with Crippen molar-refractivity contribution in [3.05, 3.63) is 65.2 Å². The summed E-state index contributed by atoms with van der Waals surface area (Å²) >= 11 is 0. The van der Waals surface area contributed by atoms with Crippen LogP contribution in [0.25, 0.3) is 0 Å². The zero-order valence-corrected chi connectivity index (χ0v) is 16.4. The lowest BCUT2D eigenvalue weighted by Gasteiger charge is -2.35. The molecule has 0 N–H and O–H groups in total. The van der Waals surface area contributed by atoms with Gasteiger partial charge >= 0.3 is 0 Å². The van der Waals surface area contributed by atoms with Gasteiger partial charge in [-0.2, -0.15) is 4.31 Å². The van der Waals surface area contributed by atoms with Crippen molar-refractivity contribution in [2.75, 3.05) is 32.8 Å². The predicted molar refractivity (Wildman–Crippen MR) is 103 cm³/mol. The van der Waals surface area contributed by atoms with Gasteiger partial charge in [-0.15, -0.1) is 0 Å². The van der Waals surface area contributed by atoms with Gasteiger partial charge in [0.15, 0.2) is 0 Å². The number of aryl methyl sites for hydroxylation is 1. The summed E-state index contributed by atoms with van der Waals surface area (Å²) in [5.41, 5.74) is 1.85. The van der Waals surface area contributed by atoms with Crippen LogP contribution in [0.2, 0.25) is 0 Å². The highest BCUT2D eigenvalue weighted by molar-refractivity contribution is 7.89. The van der Waals surface area contributed by atoms with E-state index in [2.05, 4.69) is 0 Å². The van der Waals surface area contributed by atoms with E-state index in [4.69, 9.17) is 0 Å². The van der Waals surface area contributed by atoms with E-state index in [1.807, 2.05) is 11.8 Å². The van der Waals surface area contributed by atoms with Crippen LogP contribution in [-0.2, 0) is 10.0 Å². The van der Waals surface area contributed by atoms with Crippen molar-refractivity contribution in [1.29, 1.82) is 0 Å². The number of carbonyl (C=O) groups is 2. The molecule has 2 aromatic carbocycles. The van der Waals surface area contributed by atoms with E-state index in [1.165, 1.54) is 9.21 Å². The summed E-state index contributed by atoms with van der Waals surface area (Å²) < 4.78 is 27.0. The van der Waals surface area contributed by atoms with Crippen LogP contribution >= 0.6 is 0 Å². The minimum Gasteiger partial charge on any atom is -0.283 e. The van der Waals surface area contributed by atoms with E-state index in [0.717, 1.165) is 5.56 Å². The quantitative estimate of drug-likeness (QED) is 0.729. The lowest BCUT2D eigenvalue weighted by Crippen LogP contribution is -2.52. The molecular weight excluding hydrogens is 378 g/mol. The molecule has 28 heavy (non-hydrogen) atoms. The van der Waals surface area contributed by atoms with Crippen LogP contribution in [0.5, 0.6) is 0 Å². The van der Waals surface area contributed by atoms with Gasteiger partial charge in [-0.3, -0.25) is 19.4 Å². The normalized spacial score (nSPS) is 18.5. The molecule has 1 saturated heterocycles. The van der Waals surface area contributed by atoms with Crippen LogP contribution < -0.4 is 0 Å². The van der Waals surface area contributed by atoms with E-state index in [9.17, 15) is 18.0 Å². The molecule has 0 aliphatic carbocycles. The summed E-state index contributed by atoms with van der Waals surface area (Å²) in [4.78, 5) is 28.4. The maximum atomic E-state index is 12.8. The molecule has 2 heterocycles. The molecule has 0 saturated carbocycles. The van der Waals surface area contributed by atoms with Crippen LogP contribution in [0.1, 0.15) is 26.3 Å². The smallest absolute Gasteiger partial charge is 0.262 e. The highest BCUT2D eigenvalue weighted by atomic mass is 32.2.